The van der Waals surface area contributed by atoms with Crippen LogP contribution in [-0.2, 0) is 6.42 Å². The predicted molar refractivity (Wildman–Crippen MR) is 109 cm³/mol. The van der Waals surface area contributed by atoms with Gasteiger partial charge in [0, 0.05) is 6.42 Å². The van der Waals surface area contributed by atoms with Gasteiger partial charge < -0.3 is 9.47 Å². The molecule has 0 bridgehead atoms. The Balaban J connectivity index is 1.83. The number of benzene rings is 2. The zero-order chi connectivity index (χ0) is 20.1. The summed E-state index contributed by atoms with van der Waals surface area (Å²) in [5, 5.41) is 11.5. The van der Waals surface area contributed by atoms with Gasteiger partial charge in [0.1, 0.15) is 0 Å². The number of aromatic amines is 1. The van der Waals surface area contributed by atoms with Crippen molar-refractivity contribution in [3.63, 3.8) is 0 Å². The fraction of sp³-hybridized carbons (Fsp3) is 0.158. The quantitative estimate of drug-likeness (QED) is 0.281. The summed E-state index contributed by atoms with van der Waals surface area (Å²) in [5.74, 6) is 0.815. The molecule has 9 heteroatoms. The lowest BCUT2D eigenvalue weighted by molar-refractivity contribution is 0.0730. The number of carbonyl (C=O) groups excluding carboxylic acids is 1. The zero-order valence-corrected chi connectivity index (χ0v) is 16.8. The van der Waals surface area contributed by atoms with Crippen LogP contribution in [0, 0.1) is 4.77 Å². The molecule has 0 aliphatic heterocycles. The van der Waals surface area contributed by atoms with Crippen LogP contribution in [0.3, 0.4) is 0 Å². The third-order valence-electron chi connectivity index (χ3n) is 3.84. The molecule has 0 radical (unpaired) electrons. The molecular weight excluding hydrogens is 400 g/mol. The molecule has 0 aliphatic carbocycles. The molecule has 0 saturated heterocycles. The Morgan fingerprint density at radius 2 is 2.11 bits per heavy atom. The summed E-state index contributed by atoms with van der Waals surface area (Å²) in [5.41, 5.74) is 1.01. The molecule has 0 spiro atoms. The zero-order valence-electron chi connectivity index (χ0n) is 15.2. The maximum Gasteiger partial charge on any atom is 0.345 e. The topological polar surface area (TPSA) is 81.5 Å². The van der Waals surface area contributed by atoms with Crippen LogP contribution in [-0.4, -0.2) is 34.2 Å². The Morgan fingerprint density at radius 3 is 2.82 bits per heavy atom. The van der Waals surface area contributed by atoms with Crippen LogP contribution >= 0.6 is 23.8 Å². The van der Waals surface area contributed by atoms with E-state index in [1.807, 2.05) is 6.92 Å². The highest BCUT2D eigenvalue weighted by molar-refractivity contribution is 7.71. The molecule has 0 amide bonds. The van der Waals surface area contributed by atoms with Gasteiger partial charge in [0.15, 0.2) is 17.3 Å². The van der Waals surface area contributed by atoms with E-state index in [2.05, 4.69) is 15.3 Å². The first-order chi connectivity index (χ1) is 13.5. The van der Waals surface area contributed by atoms with Gasteiger partial charge in [0.2, 0.25) is 4.77 Å². The van der Waals surface area contributed by atoms with E-state index < -0.39 is 5.97 Å². The second-order valence-corrected chi connectivity index (χ2v) is 6.43. The Kier molecular flexibility index (Phi) is 6.23. The molecule has 0 atom stereocenters. The monoisotopic (exact) mass is 416 g/mol. The summed E-state index contributed by atoms with van der Waals surface area (Å²) in [7, 11) is 1.49. The molecule has 3 rings (SSSR count). The summed E-state index contributed by atoms with van der Waals surface area (Å²) in [6, 6.07) is 11.8. The lowest BCUT2D eigenvalue weighted by atomic mass is 10.2. The van der Waals surface area contributed by atoms with E-state index >= 15 is 0 Å². The minimum atomic E-state index is -0.567. The van der Waals surface area contributed by atoms with Crippen molar-refractivity contribution in [3.05, 3.63) is 69.2 Å². The second kappa shape index (κ2) is 8.81. The van der Waals surface area contributed by atoms with Crippen molar-refractivity contribution in [1.29, 1.82) is 0 Å². The van der Waals surface area contributed by atoms with Crippen LogP contribution in [0.1, 0.15) is 28.7 Å². The van der Waals surface area contributed by atoms with Crippen LogP contribution in [0.15, 0.2) is 47.6 Å². The number of aromatic nitrogens is 3. The number of nitrogens with one attached hydrogen (secondary N) is 1. The second-order valence-electron chi connectivity index (χ2n) is 5.63. The third-order valence-corrected chi connectivity index (χ3v) is 4.43. The number of halogens is 1. The highest BCUT2D eigenvalue weighted by atomic mass is 35.5. The number of hydrogen-bond acceptors (Lipinski definition) is 6. The van der Waals surface area contributed by atoms with Crippen molar-refractivity contribution in [2.24, 2.45) is 5.10 Å². The normalized spacial score (nSPS) is 11.0. The van der Waals surface area contributed by atoms with Crippen molar-refractivity contribution in [1.82, 2.24) is 14.9 Å². The van der Waals surface area contributed by atoms with Crippen LogP contribution in [0.5, 0.6) is 11.5 Å². The smallest absolute Gasteiger partial charge is 0.345 e. The largest absolute Gasteiger partial charge is 0.493 e. The molecule has 7 nitrogen and oxygen atoms in total. The summed E-state index contributed by atoms with van der Waals surface area (Å²) in [6.07, 6.45) is 2.30. The minimum absolute atomic E-state index is 0.276. The van der Waals surface area contributed by atoms with E-state index in [1.54, 1.807) is 53.4 Å². The van der Waals surface area contributed by atoms with Crippen molar-refractivity contribution >= 4 is 36.0 Å². The van der Waals surface area contributed by atoms with Crippen molar-refractivity contribution < 1.29 is 14.3 Å². The average Bonchev–Trinajstić information content (AvgIpc) is 3.07. The molecule has 0 aliphatic rings. The van der Waals surface area contributed by atoms with Gasteiger partial charge in [0.05, 0.1) is 23.9 Å². The third kappa shape index (κ3) is 4.29. The summed E-state index contributed by atoms with van der Waals surface area (Å²) in [6.45, 7) is 1.96. The fourth-order valence-electron chi connectivity index (χ4n) is 2.43. The predicted octanol–water partition coefficient (Wildman–Crippen LogP) is 4.27. The number of H-pyrrole nitrogens is 1. The molecule has 1 aromatic heterocycles. The maximum absolute atomic E-state index is 12.4. The molecule has 0 fully saturated rings. The van der Waals surface area contributed by atoms with Gasteiger partial charge in [-0.05, 0) is 48.1 Å². The number of esters is 1. The van der Waals surface area contributed by atoms with E-state index in [0.717, 1.165) is 11.4 Å². The van der Waals surface area contributed by atoms with Crippen molar-refractivity contribution in [2.75, 3.05) is 7.11 Å². The summed E-state index contributed by atoms with van der Waals surface area (Å²) < 4.78 is 12.7. The van der Waals surface area contributed by atoms with Gasteiger partial charge in [-0.15, -0.1) is 0 Å². The summed E-state index contributed by atoms with van der Waals surface area (Å²) >= 11 is 11.2. The van der Waals surface area contributed by atoms with Crippen molar-refractivity contribution in [2.45, 2.75) is 13.3 Å². The number of rotatable bonds is 6. The Morgan fingerprint density at radius 1 is 1.32 bits per heavy atom. The van der Waals surface area contributed by atoms with Gasteiger partial charge in [-0.3, -0.25) is 5.10 Å². The van der Waals surface area contributed by atoms with E-state index in [-0.39, 0.29) is 11.3 Å². The first-order valence-corrected chi connectivity index (χ1v) is 9.17. The molecule has 0 unspecified atom stereocenters. The molecule has 144 valence electrons. The standard InChI is InChI=1S/C19H17ClN4O3S/c1-3-17-22-23-19(28)24(17)21-11-12-8-9-15(16(10-12)26-2)27-18(25)13-6-4-5-7-14(13)20/h4-11H,3H2,1-2H3,(H,23,28)/b21-11-. The van der Waals surface area contributed by atoms with Crippen LogP contribution in [0.2, 0.25) is 5.02 Å². The minimum Gasteiger partial charge on any atom is -0.493 e. The first-order valence-electron chi connectivity index (χ1n) is 8.39. The SMILES string of the molecule is CCc1n[nH]c(=S)n1/N=C\c1ccc(OC(=O)c2ccccc2Cl)c(OC)c1. The Hall–Kier alpha value is -2.97. The molecule has 1 heterocycles. The van der Waals surface area contributed by atoms with E-state index in [9.17, 15) is 4.79 Å². The molecular formula is C19H17ClN4O3S. The lowest BCUT2D eigenvalue weighted by Gasteiger charge is -2.10. The van der Waals surface area contributed by atoms with Gasteiger partial charge in [-0.25, -0.2) is 4.79 Å². The maximum atomic E-state index is 12.4. The summed E-state index contributed by atoms with van der Waals surface area (Å²) in [4.78, 5) is 12.4. The highest BCUT2D eigenvalue weighted by Gasteiger charge is 2.15. The van der Waals surface area contributed by atoms with Crippen LogP contribution in [0.25, 0.3) is 0 Å². The van der Waals surface area contributed by atoms with Gasteiger partial charge in [0.25, 0.3) is 0 Å². The average molecular weight is 417 g/mol. The number of aryl methyl sites for hydroxylation is 1. The Bertz CT molecular complexity index is 1090. The molecule has 1 N–H and O–H groups in total. The fourth-order valence-corrected chi connectivity index (χ4v) is 2.84. The van der Waals surface area contributed by atoms with Gasteiger partial charge in [-0.1, -0.05) is 30.7 Å². The van der Waals surface area contributed by atoms with Crippen molar-refractivity contribution in [3.8, 4) is 11.5 Å². The molecule has 2 aromatic carbocycles. The number of nitrogens with zero attached hydrogens (tertiary/aromatic N) is 3. The van der Waals surface area contributed by atoms with Gasteiger partial charge >= 0.3 is 5.97 Å². The molecule has 3 aromatic rings. The van der Waals surface area contributed by atoms with E-state index in [4.69, 9.17) is 33.3 Å². The Labute approximate surface area is 171 Å². The van der Waals surface area contributed by atoms with Gasteiger partial charge in [-0.2, -0.15) is 14.9 Å². The van der Waals surface area contributed by atoms with E-state index in [1.165, 1.54) is 7.11 Å². The molecule has 28 heavy (non-hydrogen) atoms. The number of hydrogen-bond donors (Lipinski definition) is 1. The number of ether oxygens (including phenoxy) is 2. The highest BCUT2D eigenvalue weighted by Crippen LogP contribution is 2.29. The first kappa shape index (κ1) is 19.8. The number of methoxy groups -OCH3 is 1. The van der Waals surface area contributed by atoms with Crippen LogP contribution < -0.4 is 9.47 Å². The lowest BCUT2D eigenvalue weighted by Crippen LogP contribution is -2.10. The number of carbonyl (C=O) groups is 1. The van der Waals surface area contributed by atoms with Crippen LogP contribution in [0.4, 0.5) is 0 Å². The molecule has 0 saturated carbocycles. The van der Waals surface area contributed by atoms with E-state index in [0.29, 0.717) is 22.0 Å².